The molecule has 1 atom stereocenters. The van der Waals surface area contributed by atoms with Crippen molar-refractivity contribution < 1.29 is 4.79 Å². The van der Waals surface area contributed by atoms with Gasteiger partial charge in [0.15, 0.2) is 4.34 Å². The van der Waals surface area contributed by atoms with Gasteiger partial charge >= 0.3 is 0 Å². The lowest BCUT2D eigenvalue weighted by atomic mass is 10.2. The predicted molar refractivity (Wildman–Crippen MR) is 63.4 cm³/mol. The zero-order valence-corrected chi connectivity index (χ0v) is 10.3. The van der Waals surface area contributed by atoms with Gasteiger partial charge in [-0.2, -0.15) is 0 Å². The van der Waals surface area contributed by atoms with Crippen molar-refractivity contribution in [3.05, 3.63) is 11.1 Å². The van der Waals surface area contributed by atoms with Crippen LogP contribution in [-0.4, -0.2) is 22.7 Å². The van der Waals surface area contributed by atoms with E-state index in [2.05, 4.69) is 10.3 Å². The fourth-order valence-corrected chi connectivity index (χ4v) is 3.68. The smallest absolute Gasteiger partial charge is 0.233 e. The van der Waals surface area contributed by atoms with Crippen molar-refractivity contribution in [1.29, 1.82) is 0 Å². The van der Waals surface area contributed by atoms with Gasteiger partial charge in [0.2, 0.25) is 5.91 Å². The first-order valence-electron chi connectivity index (χ1n) is 5.12. The Morgan fingerprint density at radius 2 is 2.47 bits per heavy atom. The van der Waals surface area contributed by atoms with E-state index in [-0.39, 0.29) is 11.2 Å². The Morgan fingerprint density at radius 1 is 1.60 bits per heavy atom. The Morgan fingerprint density at radius 3 is 3.20 bits per heavy atom. The van der Waals surface area contributed by atoms with Crippen molar-refractivity contribution in [2.75, 3.05) is 6.54 Å². The number of nitrogens with one attached hydrogen (secondary N) is 1. The molecule has 1 saturated heterocycles. The van der Waals surface area contributed by atoms with Crippen LogP contribution in [0.4, 0.5) is 0 Å². The fraction of sp³-hybridized carbons (Fsp3) is 0.600. The normalized spacial score (nSPS) is 22.2. The number of nitrogens with zero attached hydrogens (tertiary/aromatic N) is 1. The first kappa shape index (κ1) is 11.0. The molecule has 1 aliphatic rings. The van der Waals surface area contributed by atoms with Crippen molar-refractivity contribution in [1.82, 2.24) is 10.3 Å². The standard InChI is InChI=1S/C10H14N2OS2/c1-7-6-14-10(12-7)15-8-4-2-3-5-11-9(8)13/h6,8H,2-5H2,1H3,(H,11,13)/t8-/m1/s1. The molecule has 5 heteroatoms. The van der Waals surface area contributed by atoms with Crippen LogP contribution < -0.4 is 5.32 Å². The maximum atomic E-state index is 11.7. The minimum Gasteiger partial charge on any atom is -0.355 e. The van der Waals surface area contributed by atoms with Gasteiger partial charge in [-0.25, -0.2) is 4.98 Å². The molecule has 1 amide bonds. The molecule has 1 aromatic heterocycles. The van der Waals surface area contributed by atoms with Crippen LogP contribution in [0.15, 0.2) is 9.72 Å². The van der Waals surface area contributed by atoms with Gasteiger partial charge < -0.3 is 5.32 Å². The third-order valence-electron chi connectivity index (χ3n) is 2.33. The Kier molecular flexibility index (Phi) is 3.64. The molecule has 0 radical (unpaired) electrons. The van der Waals surface area contributed by atoms with Crippen molar-refractivity contribution in [3.63, 3.8) is 0 Å². The number of amides is 1. The minimum atomic E-state index is 0.0537. The van der Waals surface area contributed by atoms with E-state index in [0.29, 0.717) is 0 Å². The highest BCUT2D eigenvalue weighted by molar-refractivity contribution is 8.02. The molecule has 0 aromatic carbocycles. The Labute approximate surface area is 97.7 Å². The van der Waals surface area contributed by atoms with E-state index in [4.69, 9.17) is 0 Å². The van der Waals surface area contributed by atoms with Gasteiger partial charge in [0.1, 0.15) is 0 Å². The minimum absolute atomic E-state index is 0.0537. The zero-order valence-electron chi connectivity index (χ0n) is 8.66. The number of rotatable bonds is 2. The van der Waals surface area contributed by atoms with Crippen LogP contribution >= 0.6 is 23.1 Å². The molecule has 82 valence electrons. The number of carbonyl (C=O) groups is 1. The number of aryl methyl sites for hydroxylation is 1. The molecular weight excluding hydrogens is 228 g/mol. The van der Waals surface area contributed by atoms with Gasteiger partial charge in [-0.3, -0.25) is 4.79 Å². The lowest BCUT2D eigenvalue weighted by Gasteiger charge is -2.09. The molecule has 1 N–H and O–H groups in total. The summed E-state index contributed by atoms with van der Waals surface area (Å²) >= 11 is 3.23. The summed E-state index contributed by atoms with van der Waals surface area (Å²) in [5.74, 6) is 0.172. The molecule has 0 saturated carbocycles. The van der Waals surface area contributed by atoms with E-state index in [1.165, 1.54) is 0 Å². The van der Waals surface area contributed by atoms with Crippen LogP contribution in [0, 0.1) is 6.92 Å². The Balaban J connectivity index is 2.00. The summed E-state index contributed by atoms with van der Waals surface area (Å²) < 4.78 is 1.01. The van der Waals surface area contributed by atoms with Crippen LogP contribution in [0.3, 0.4) is 0 Å². The maximum absolute atomic E-state index is 11.7. The van der Waals surface area contributed by atoms with Crippen LogP contribution in [0.5, 0.6) is 0 Å². The highest BCUT2D eigenvalue weighted by Crippen LogP contribution is 2.30. The summed E-state index contributed by atoms with van der Waals surface area (Å²) in [6.45, 7) is 2.81. The quantitative estimate of drug-likeness (QED) is 0.864. The predicted octanol–water partition coefficient (Wildman–Crippen LogP) is 2.21. The molecule has 0 bridgehead atoms. The number of carbonyl (C=O) groups excluding carboxylic acids is 1. The molecule has 1 aromatic rings. The summed E-state index contributed by atoms with van der Waals surface area (Å²) in [5, 5.41) is 5.02. The first-order valence-corrected chi connectivity index (χ1v) is 6.88. The van der Waals surface area contributed by atoms with E-state index >= 15 is 0 Å². The Hall–Kier alpha value is -0.550. The third kappa shape index (κ3) is 2.95. The summed E-state index contributed by atoms with van der Waals surface area (Å²) in [6, 6.07) is 0. The van der Waals surface area contributed by atoms with Crippen molar-refractivity contribution >= 4 is 29.0 Å². The highest BCUT2D eigenvalue weighted by atomic mass is 32.2. The van der Waals surface area contributed by atoms with E-state index < -0.39 is 0 Å². The molecule has 0 spiro atoms. The number of hydrogen-bond acceptors (Lipinski definition) is 4. The second kappa shape index (κ2) is 4.99. The van der Waals surface area contributed by atoms with Crippen LogP contribution in [-0.2, 0) is 4.79 Å². The second-order valence-electron chi connectivity index (χ2n) is 3.65. The van der Waals surface area contributed by atoms with Crippen LogP contribution in [0.2, 0.25) is 0 Å². The van der Waals surface area contributed by atoms with E-state index in [1.807, 2.05) is 12.3 Å². The number of aromatic nitrogens is 1. The third-order valence-corrected chi connectivity index (χ3v) is 4.68. The average molecular weight is 242 g/mol. The molecule has 2 rings (SSSR count). The zero-order chi connectivity index (χ0) is 10.7. The van der Waals surface area contributed by atoms with Gasteiger partial charge in [0.25, 0.3) is 0 Å². The monoisotopic (exact) mass is 242 g/mol. The number of thioether (sulfide) groups is 1. The van der Waals surface area contributed by atoms with Gasteiger partial charge in [-0.05, 0) is 19.8 Å². The van der Waals surface area contributed by atoms with Crippen LogP contribution in [0.25, 0.3) is 0 Å². The summed E-state index contributed by atoms with van der Waals surface area (Å²) in [7, 11) is 0. The summed E-state index contributed by atoms with van der Waals surface area (Å²) in [4.78, 5) is 16.0. The SMILES string of the molecule is Cc1csc(S[C@@H]2CCCCNC2=O)n1. The molecule has 3 nitrogen and oxygen atoms in total. The lowest BCUT2D eigenvalue weighted by molar-refractivity contribution is -0.120. The van der Waals surface area contributed by atoms with E-state index in [9.17, 15) is 4.79 Å². The van der Waals surface area contributed by atoms with Crippen molar-refractivity contribution in [3.8, 4) is 0 Å². The average Bonchev–Trinajstić information content (AvgIpc) is 2.50. The molecular formula is C10H14N2OS2. The molecule has 0 unspecified atom stereocenters. The van der Waals surface area contributed by atoms with Crippen molar-refractivity contribution in [2.45, 2.75) is 35.8 Å². The molecule has 0 aliphatic carbocycles. The van der Waals surface area contributed by atoms with Gasteiger partial charge in [0.05, 0.1) is 5.25 Å². The molecule has 1 fully saturated rings. The molecule has 2 heterocycles. The number of hydrogen-bond donors (Lipinski definition) is 1. The molecule has 1 aliphatic heterocycles. The van der Waals surface area contributed by atoms with Gasteiger partial charge in [-0.1, -0.05) is 18.2 Å². The van der Waals surface area contributed by atoms with Crippen molar-refractivity contribution in [2.24, 2.45) is 0 Å². The Bertz CT molecular complexity index is 351. The van der Waals surface area contributed by atoms with Gasteiger partial charge in [0, 0.05) is 17.6 Å². The molecule has 15 heavy (non-hydrogen) atoms. The van der Waals surface area contributed by atoms with E-state index in [1.54, 1.807) is 23.1 Å². The van der Waals surface area contributed by atoms with E-state index in [0.717, 1.165) is 35.8 Å². The first-order chi connectivity index (χ1) is 7.25. The largest absolute Gasteiger partial charge is 0.355 e. The number of thiazole rings is 1. The lowest BCUT2D eigenvalue weighted by Crippen LogP contribution is -2.30. The van der Waals surface area contributed by atoms with Crippen LogP contribution in [0.1, 0.15) is 25.0 Å². The van der Waals surface area contributed by atoms with Gasteiger partial charge in [-0.15, -0.1) is 11.3 Å². The summed E-state index contributed by atoms with van der Waals surface area (Å²) in [5.41, 5.74) is 1.04. The maximum Gasteiger partial charge on any atom is 0.233 e. The summed E-state index contributed by atoms with van der Waals surface area (Å²) in [6.07, 6.45) is 3.19. The fourth-order valence-electron chi connectivity index (χ4n) is 1.53. The topological polar surface area (TPSA) is 42.0 Å². The second-order valence-corrected chi connectivity index (χ2v) is 5.96. The highest BCUT2D eigenvalue weighted by Gasteiger charge is 2.22.